The monoisotopic (exact) mass is 376 g/mol. The summed E-state index contributed by atoms with van der Waals surface area (Å²) in [5.74, 6) is 1.93. The molecule has 0 N–H and O–H groups in total. The fourth-order valence-electron chi connectivity index (χ4n) is 4.96. The number of fused-ring (bicyclic) bond motifs is 6. The summed E-state index contributed by atoms with van der Waals surface area (Å²) >= 11 is 0. The second-order valence-electron chi connectivity index (χ2n) is 8.33. The van der Waals surface area contributed by atoms with E-state index in [1.807, 2.05) is 0 Å². The molecule has 0 radical (unpaired) electrons. The van der Waals surface area contributed by atoms with Crippen molar-refractivity contribution in [2.24, 2.45) is 7.05 Å². The molecule has 5 aromatic rings. The summed E-state index contributed by atoms with van der Waals surface area (Å²) in [6, 6.07) is 19.7. The SMILES string of the molecule is Cc1cc2c3c(c(C)c(C)cc3c1)-c1c(c3c(ccc4ccccc43)c[n+]1C)O2. The lowest BCUT2D eigenvalue weighted by molar-refractivity contribution is -0.659. The fraction of sp³-hybridized carbons (Fsp3) is 0.148. The first-order valence-electron chi connectivity index (χ1n) is 10.1. The van der Waals surface area contributed by atoms with Crippen LogP contribution in [0.2, 0.25) is 0 Å². The first-order chi connectivity index (χ1) is 14.0. The molecule has 0 spiro atoms. The van der Waals surface area contributed by atoms with Crippen molar-refractivity contribution < 1.29 is 9.30 Å². The number of aromatic nitrogens is 1. The summed E-state index contributed by atoms with van der Waals surface area (Å²) < 4.78 is 8.94. The van der Waals surface area contributed by atoms with E-state index in [1.165, 1.54) is 54.6 Å². The van der Waals surface area contributed by atoms with Crippen molar-refractivity contribution in [3.05, 3.63) is 77.5 Å². The van der Waals surface area contributed by atoms with Gasteiger partial charge < -0.3 is 4.74 Å². The second kappa shape index (κ2) is 5.57. The van der Waals surface area contributed by atoms with E-state index in [9.17, 15) is 0 Å². The summed E-state index contributed by atoms with van der Waals surface area (Å²) in [6.45, 7) is 6.58. The van der Waals surface area contributed by atoms with E-state index in [0.29, 0.717) is 0 Å². The Morgan fingerprint density at radius 2 is 1.59 bits per heavy atom. The van der Waals surface area contributed by atoms with Gasteiger partial charge in [0.1, 0.15) is 12.8 Å². The first kappa shape index (κ1) is 16.6. The van der Waals surface area contributed by atoms with Crippen LogP contribution in [0.15, 0.2) is 60.8 Å². The molecule has 1 aliphatic heterocycles. The summed E-state index contributed by atoms with van der Waals surface area (Å²) in [4.78, 5) is 0. The Morgan fingerprint density at radius 3 is 2.45 bits per heavy atom. The molecule has 0 saturated heterocycles. The van der Waals surface area contributed by atoms with Gasteiger partial charge in [-0.3, -0.25) is 0 Å². The van der Waals surface area contributed by atoms with E-state index in [1.54, 1.807) is 0 Å². The number of hydrogen-bond donors (Lipinski definition) is 0. The Morgan fingerprint density at radius 1 is 0.793 bits per heavy atom. The third-order valence-electron chi connectivity index (χ3n) is 6.40. The van der Waals surface area contributed by atoms with Crippen LogP contribution in [0.3, 0.4) is 0 Å². The highest BCUT2D eigenvalue weighted by molar-refractivity contribution is 6.14. The number of hydrogen-bond acceptors (Lipinski definition) is 1. The Balaban J connectivity index is 1.89. The molecule has 6 rings (SSSR count). The minimum Gasteiger partial charge on any atom is -0.449 e. The van der Waals surface area contributed by atoms with E-state index in [4.69, 9.17) is 4.74 Å². The molecule has 0 aliphatic carbocycles. The van der Waals surface area contributed by atoms with Gasteiger partial charge in [0.25, 0.3) is 5.69 Å². The minimum absolute atomic E-state index is 0.964. The molecule has 2 nitrogen and oxygen atoms in total. The Bertz CT molecular complexity index is 1510. The lowest BCUT2D eigenvalue weighted by Gasteiger charge is -2.23. The Kier molecular flexibility index (Phi) is 3.18. The first-order valence-corrected chi connectivity index (χ1v) is 10.1. The van der Waals surface area contributed by atoms with Gasteiger partial charge in [-0.05, 0) is 65.8 Å². The largest absolute Gasteiger partial charge is 0.449 e. The maximum atomic E-state index is 6.71. The Hall–Kier alpha value is -3.39. The zero-order chi connectivity index (χ0) is 19.9. The normalized spacial score (nSPS) is 12.4. The van der Waals surface area contributed by atoms with Crippen LogP contribution in [-0.2, 0) is 7.05 Å². The van der Waals surface area contributed by atoms with Crippen LogP contribution in [0, 0.1) is 20.8 Å². The van der Waals surface area contributed by atoms with Crippen molar-refractivity contribution in [1.29, 1.82) is 0 Å². The van der Waals surface area contributed by atoms with Gasteiger partial charge in [0.05, 0.1) is 10.9 Å². The van der Waals surface area contributed by atoms with Gasteiger partial charge in [-0.2, -0.15) is 4.57 Å². The summed E-state index contributed by atoms with van der Waals surface area (Å²) in [7, 11) is 2.13. The molecule has 1 aromatic heterocycles. The highest BCUT2D eigenvalue weighted by Gasteiger charge is 2.32. The average molecular weight is 376 g/mol. The van der Waals surface area contributed by atoms with Crippen LogP contribution >= 0.6 is 0 Å². The third kappa shape index (κ3) is 2.14. The predicted octanol–water partition coefficient (Wildman–Crippen LogP) is 6.67. The van der Waals surface area contributed by atoms with Gasteiger partial charge >= 0.3 is 0 Å². The van der Waals surface area contributed by atoms with Crippen molar-refractivity contribution in [3.8, 4) is 22.8 Å². The van der Waals surface area contributed by atoms with Crippen molar-refractivity contribution in [2.45, 2.75) is 20.8 Å². The van der Waals surface area contributed by atoms with Crippen LogP contribution in [0.4, 0.5) is 0 Å². The Labute approximate surface area is 170 Å². The standard InChI is InChI=1S/C27H22NO/c1-15-11-20-13-16(2)17(3)23-25(20)22(12-15)29-27-24-19(14-28(4)26(23)27)10-9-18-7-5-6-8-21(18)24/h5-14H,1-4H3/q+1. The number of benzene rings is 4. The average Bonchev–Trinajstić information content (AvgIpc) is 2.70. The van der Waals surface area contributed by atoms with Crippen LogP contribution < -0.4 is 9.30 Å². The number of aryl methyl sites for hydroxylation is 3. The van der Waals surface area contributed by atoms with Crippen molar-refractivity contribution in [2.75, 3.05) is 0 Å². The lowest BCUT2D eigenvalue weighted by Crippen LogP contribution is -2.32. The minimum atomic E-state index is 0.964. The number of rotatable bonds is 0. The summed E-state index contributed by atoms with van der Waals surface area (Å²) in [5, 5.41) is 7.34. The molecule has 0 bridgehead atoms. The topological polar surface area (TPSA) is 13.1 Å². The van der Waals surface area contributed by atoms with Crippen LogP contribution in [-0.4, -0.2) is 0 Å². The number of nitrogens with zero attached hydrogens (tertiary/aromatic N) is 1. The molecule has 2 heteroatoms. The van der Waals surface area contributed by atoms with E-state index >= 15 is 0 Å². The van der Waals surface area contributed by atoms with E-state index in [2.05, 4.69) is 93.2 Å². The van der Waals surface area contributed by atoms with Gasteiger partial charge in [-0.1, -0.05) is 42.5 Å². The maximum Gasteiger partial charge on any atom is 0.257 e. The quantitative estimate of drug-likeness (QED) is 0.213. The maximum absolute atomic E-state index is 6.71. The zero-order valence-corrected chi connectivity index (χ0v) is 17.1. The highest BCUT2D eigenvalue weighted by atomic mass is 16.5. The predicted molar refractivity (Wildman–Crippen MR) is 120 cm³/mol. The zero-order valence-electron chi connectivity index (χ0n) is 17.1. The van der Waals surface area contributed by atoms with Crippen molar-refractivity contribution in [3.63, 3.8) is 0 Å². The molecule has 0 saturated carbocycles. The van der Waals surface area contributed by atoms with Crippen LogP contribution in [0.5, 0.6) is 11.5 Å². The molecular formula is C27H22NO+. The molecule has 4 aromatic carbocycles. The van der Waals surface area contributed by atoms with E-state index in [0.717, 1.165) is 17.2 Å². The molecule has 1 aliphatic rings. The van der Waals surface area contributed by atoms with Gasteiger partial charge in [0.2, 0.25) is 5.75 Å². The molecule has 29 heavy (non-hydrogen) atoms. The number of pyridine rings is 1. The van der Waals surface area contributed by atoms with E-state index in [-0.39, 0.29) is 0 Å². The van der Waals surface area contributed by atoms with Gasteiger partial charge in [-0.15, -0.1) is 0 Å². The van der Waals surface area contributed by atoms with Gasteiger partial charge in [0, 0.05) is 10.8 Å². The highest BCUT2D eigenvalue weighted by Crippen LogP contribution is 2.50. The van der Waals surface area contributed by atoms with Crippen LogP contribution in [0.1, 0.15) is 16.7 Å². The molecule has 0 fully saturated rings. The molecule has 0 atom stereocenters. The van der Waals surface area contributed by atoms with E-state index < -0.39 is 0 Å². The molecular weight excluding hydrogens is 354 g/mol. The van der Waals surface area contributed by atoms with Crippen molar-refractivity contribution >= 4 is 32.3 Å². The second-order valence-corrected chi connectivity index (χ2v) is 8.33. The lowest BCUT2D eigenvalue weighted by atomic mass is 9.88. The summed E-state index contributed by atoms with van der Waals surface area (Å²) in [5.41, 5.74) is 6.32. The molecule has 140 valence electrons. The molecule has 2 heterocycles. The van der Waals surface area contributed by atoms with Gasteiger partial charge in [-0.25, -0.2) is 0 Å². The molecule has 0 amide bonds. The van der Waals surface area contributed by atoms with Crippen molar-refractivity contribution in [1.82, 2.24) is 0 Å². The smallest absolute Gasteiger partial charge is 0.257 e. The number of ether oxygens (including phenoxy) is 1. The summed E-state index contributed by atoms with van der Waals surface area (Å²) in [6.07, 6.45) is 2.23. The fourth-order valence-corrected chi connectivity index (χ4v) is 4.96. The van der Waals surface area contributed by atoms with Crippen LogP contribution in [0.25, 0.3) is 43.6 Å². The molecule has 0 unspecified atom stereocenters. The van der Waals surface area contributed by atoms with Gasteiger partial charge in [0.15, 0.2) is 6.20 Å². The third-order valence-corrected chi connectivity index (χ3v) is 6.40.